The van der Waals surface area contributed by atoms with Crippen LogP contribution in [-0.2, 0) is 0 Å². The van der Waals surface area contributed by atoms with E-state index in [1.54, 1.807) is 7.11 Å². The zero-order chi connectivity index (χ0) is 14.1. The van der Waals surface area contributed by atoms with E-state index < -0.39 is 0 Å². The summed E-state index contributed by atoms with van der Waals surface area (Å²) < 4.78 is 5.35. The van der Waals surface area contributed by atoms with Crippen LogP contribution in [0.1, 0.15) is 5.56 Å². The maximum absolute atomic E-state index is 6.09. The van der Waals surface area contributed by atoms with Crippen LogP contribution < -0.4 is 20.7 Å². The van der Waals surface area contributed by atoms with E-state index >= 15 is 0 Å². The molecule has 0 atom stereocenters. The van der Waals surface area contributed by atoms with Crippen LogP contribution in [0.2, 0.25) is 0 Å². The lowest BCUT2D eigenvalue weighted by Gasteiger charge is -2.27. The number of fused-ring (bicyclic) bond motifs is 1. The van der Waals surface area contributed by atoms with E-state index in [0.29, 0.717) is 11.8 Å². The molecule has 106 valence electrons. The minimum absolute atomic E-state index is 0.522. The van der Waals surface area contributed by atoms with Crippen LogP contribution in [0.15, 0.2) is 12.1 Å². The maximum atomic E-state index is 6.09. The molecule has 2 aromatic rings. The van der Waals surface area contributed by atoms with Crippen LogP contribution in [0.3, 0.4) is 0 Å². The van der Waals surface area contributed by atoms with Crippen LogP contribution >= 0.6 is 0 Å². The Kier molecular flexibility index (Phi) is 3.31. The van der Waals surface area contributed by atoms with Crippen LogP contribution in [0.25, 0.3) is 10.9 Å². The smallest absolute Gasteiger partial charge is 0.227 e. The van der Waals surface area contributed by atoms with E-state index in [1.165, 1.54) is 0 Å². The van der Waals surface area contributed by atoms with Gasteiger partial charge >= 0.3 is 0 Å². The Morgan fingerprint density at radius 3 is 2.70 bits per heavy atom. The van der Waals surface area contributed by atoms with Crippen molar-refractivity contribution in [2.24, 2.45) is 0 Å². The van der Waals surface area contributed by atoms with Gasteiger partial charge in [-0.05, 0) is 18.6 Å². The highest BCUT2D eigenvalue weighted by molar-refractivity contribution is 5.90. The molecular formula is C14H19N5O. The van der Waals surface area contributed by atoms with E-state index in [0.717, 1.165) is 48.4 Å². The van der Waals surface area contributed by atoms with Crippen molar-refractivity contribution in [3.8, 4) is 5.75 Å². The molecule has 0 aliphatic carbocycles. The van der Waals surface area contributed by atoms with Gasteiger partial charge in [-0.2, -0.15) is 4.98 Å². The number of methoxy groups -OCH3 is 1. The average molecular weight is 273 g/mol. The highest BCUT2D eigenvalue weighted by Gasteiger charge is 2.16. The summed E-state index contributed by atoms with van der Waals surface area (Å²) in [5.74, 6) is 2.04. The fourth-order valence-corrected chi connectivity index (χ4v) is 2.50. The van der Waals surface area contributed by atoms with Crippen molar-refractivity contribution >= 4 is 22.7 Å². The lowest BCUT2D eigenvalue weighted by atomic mass is 10.1. The zero-order valence-electron chi connectivity index (χ0n) is 11.8. The summed E-state index contributed by atoms with van der Waals surface area (Å²) in [6.07, 6.45) is 0. The molecule has 3 rings (SSSR count). The Balaban J connectivity index is 2.09. The summed E-state index contributed by atoms with van der Waals surface area (Å²) in [7, 11) is 1.66. The van der Waals surface area contributed by atoms with Crippen molar-refractivity contribution in [2.45, 2.75) is 6.92 Å². The summed E-state index contributed by atoms with van der Waals surface area (Å²) in [5.41, 5.74) is 7.95. The number of hydrogen-bond acceptors (Lipinski definition) is 6. The molecule has 3 N–H and O–H groups in total. The normalized spacial score (nSPS) is 15.6. The number of aryl methyl sites for hydroxylation is 1. The molecule has 1 aromatic heterocycles. The molecule has 6 heteroatoms. The van der Waals surface area contributed by atoms with E-state index in [2.05, 4.69) is 20.2 Å². The molecule has 0 spiro atoms. The SMILES string of the molecule is COc1cc2nc(N3CCNCC3)nc(N)c2cc1C. The van der Waals surface area contributed by atoms with Crippen LogP contribution in [0, 0.1) is 6.92 Å². The van der Waals surface area contributed by atoms with Crippen molar-refractivity contribution in [1.82, 2.24) is 15.3 Å². The second-order valence-electron chi connectivity index (χ2n) is 4.98. The van der Waals surface area contributed by atoms with Gasteiger partial charge in [-0.15, -0.1) is 0 Å². The number of rotatable bonds is 2. The predicted octanol–water partition coefficient (Wildman–Crippen LogP) is 0.939. The summed E-state index contributed by atoms with van der Waals surface area (Å²) >= 11 is 0. The summed E-state index contributed by atoms with van der Waals surface area (Å²) in [6, 6.07) is 3.90. The first-order valence-corrected chi connectivity index (χ1v) is 6.76. The van der Waals surface area contributed by atoms with Gasteiger partial charge in [0, 0.05) is 37.6 Å². The Morgan fingerprint density at radius 2 is 2.00 bits per heavy atom. The number of nitrogens with zero attached hydrogens (tertiary/aromatic N) is 3. The van der Waals surface area contributed by atoms with E-state index in [4.69, 9.17) is 10.5 Å². The third-order valence-corrected chi connectivity index (χ3v) is 3.63. The van der Waals surface area contributed by atoms with Crippen LogP contribution in [0.5, 0.6) is 5.75 Å². The molecule has 2 heterocycles. The molecule has 0 unspecified atom stereocenters. The quantitative estimate of drug-likeness (QED) is 0.848. The Bertz CT molecular complexity index is 637. The number of aromatic nitrogens is 2. The van der Waals surface area contributed by atoms with Gasteiger partial charge < -0.3 is 20.7 Å². The van der Waals surface area contributed by atoms with Gasteiger partial charge in [-0.25, -0.2) is 4.98 Å². The Morgan fingerprint density at radius 1 is 1.25 bits per heavy atom. The molecule has 0 amide bonds. The fraction of sp³-hybridized carbons (Fsp3) is 0.429. The second kappa shape index (κ2) is 5.13. The molecule has 1 aliphatic heterocycles. The summed E-state index contributed by atoms with van der Waals surface area (Å²) in [6.45, 7) is 5.67. The molecule has 1 aliphatic rings. The number of ether oxygens (including phenoxy) is 1. The summed E-state index contributed by atoms with van der Waals surface area (Å²) in [4.78, 5) is 11.2. The van der Waals surface area contributed by atoms with Gasteiger partial charge in [0.2, 0.25) is 5.95 Å². The zero-order valence-corrected chi connectivity index (χ0v) is 11.8. The van der Waals surface area contributed by atoms with Crippen molar-refractivity contribution in [3.05, 3.63) is 17.7 Å². The van der Waals surface area contributed by atoms with Gasteiger partial charge in [0.25, 0.3) is 0 Å². The molecule has 0 bridgehead atoms. The summed E-state index contributed by atoms with van der Waals surface area (Å²) in [5, 5.41) is 4.19. The van der Waals surface area contributed by atoms with Gasteiger partial charge in [0.05, 0.1) is 12.6 Å². The molecule has 20 heavy (non-hydrogen) atoms. The van der Waals surface area contributed by atoms with Gasteiger partial charge in [0.15, 0.2) is 0 Å². The maximum Gasteiger partial charge on any atom is 0.227 e. The minimum Gasteiger partial charge on any atom is -0.496 e. The lowest BCUT2D eigenvalue weighted by molar-refractivity contribution is 0.412. The van der Waals surface area contributed by atoms with E-state index in [1.807, 2.05) is 19.1 Å². The third kappa shape index (κ3) is 2.22. The molecule has 1 aromatic carbocycles. The fourth-order valence-electron chi connectivity index (χ4n) is 2.50. The predicted molar refractivity (Wildman–Crippen MR) is 80.3 cm³/mol. The Labute approximate surface area is 117 Å². The average Bonchev–Trinajstić information content (AvgIpc) is 2.48. The third-order valence-electron chi connectivity index (χ3n) is 3.63. The second-order valence-corrected chi connectivity index (χ2v) is 4.98. The van der Waals surface area contributed by atoms with Crippen molar-refractivity contribution in [3.63, 3.8) is 0 Å². The molecule has 0 radical (unpaired) electrons. The van der Waals surface area contributed by atoms with Gasteiger partial charge in [-0.1, -0.05) is 0 Å². The topological polar surface area (TPSA) is 76.3 Å². The van der Waals surface area contributed by atoms with Gasteiger partial charge in [0.1, 0.15) is 11.6 Å². The number of nitrogen functional groups attached to an aromatic ring is 1. The minimum atomic E-state index is 0.522. The molecule has 0 saturated carbocycles. The van der Waals surface area contributed by atoms with Crippen molar-refractivity contribution in [2.75, 3.05) is 43.9 Å². The highest BCUT2D eigenvalue weighted by atomic mass is 16.5. The first-order valence-electron chi connectivity index (χ1n) is 6.76. The molecule has 6 nitrogen and oxygen atoms in total. The molecular weight excluding hydrogens is 254 g/mol. The van der Waals surface area contributed by atoms with Crippen LogP contribution in [-0.4, -0.2) is 43.3 Å². The largest absolute Gasteiger partial charge is 0.496 e. The van der Waals surface area contributed by atoms with E-state index in [9.17, 15) is 0 Å². The first-order chi connectivity index (χ1) is 9.69. The number of anilines is 2. The molecule has 1 fully saturated rings. The number of nitrogens with one attached hydrogen (secondary N) is 1. The number of piperazine rings is 1. The van der Waals surface area contributed by atoms with Crippen molar-refractivity contribution in [1.29, 1.82) is 0 Å². The van der Waals surface area contributed by atoms with Gasteiger partial charge in [-0.3, -0.25) is 0 Å². The standard InChI is InChI=1S/C14H19N5O/c1-9-7-10-11(8-12(9)20-2)17-14(18-13(10)15)19-5-3-16-4-6-19/h7-8,16H,3-6H2,1-2H3,(H2,15,17,18). The van der Waals surface area contributed by atoms with Crippen LogP contribution in [0.4, 0.5) is 11.8 Å². The number of nitrogens with two attached hydrogens (primary N) is 1. The monoisotopic (exact) mass is 273 g/mol. The molecule has 1 saturated heterocycles. The number of hydrogen-bond donors (Lipinski definition) is 2. The first kappa shape index (κ1) is 12.9. The highest BCUT2D eigenvalue weighted by Crippen LogP contribution is 2.28. The van der Waals surface area contributed by atoms with Crippen molar-refractivity contribution < 1.29 is 4.74 Å². The Hall–Kier alpha value is -2.08. The lowest BCUT2D eigenvalue weighted by Crippen LogP contribution is -2.44. The number of benzene rings is 1. The van der Waals surface area contributed by atoms with E-state index in [-0.39, 0.29) is 0 Å².